The highest BCUT2D eigenvalue weighted by Crippen LogP contribution is 2.24. The van der Waals surface area contributed by atoms with Gasteiger partial charge >= 0.3 is 0 Å². The number of rotatable bonds is 5. The van der Waals surface area contributed by atoms with Gasteiger partial charge in [-0.15, -0.1) is 11.6 Å². The Hall–Kier alpha value is -0.280. The monoisotopic (exact) mass is 205 g/mol. The average Bonchev–Trinajstić information content (AvgIpc) is 2.08. The van der Waals surface area contributed by atoms with Gasteiger partial charge in [0.15, 0.2) is 0 Å². The summed E-state index contributed by atoms with van der Waals surface area (Å²) in [5.41, 5.74) is 0.163. The predicted molar refractivity (Wildman–Crippen MR) is 51.9 cm³/mol. The van der Waals surface area contributed by atoms with Gasteiger partial charge in [0.2, 0.25) is 5.91 Å². The van der Waals surface area contributed by atoms with Crippen molar-refractivity contribution in [3.63, 3.8) is 0 Å². The fourth-order valence-electron chi connectivity index (χ4n) is 1.18. The Morgan fingerprint density at radius 1 is 1.62 bits per heavy atom. The maximum absolute atomic E-state index is 11.2. The Kier molecular flexibility index (Phi) is 4.00. The van der Waals surface area contributed by atoms with Crippen LogP contribution in [0.1, 0.15) is 19.8 Å². The molecule has 4 heteroatoms. The number of hydrogen-bond acceptors (Lipinski definition) is 2. The molecule has 0 bridgehead atoms. The molecule has 0 aromatic carbocycles. The van der Waals surface area contributed by atoms with Gasteiger partial charge in [0.25, 0.3) is 0 Å². The van der Waals surface area contributed by atoms with Crippen LogP contribution in [0.3, 0.4) is 0 Å². The van der Waals surface area contributed by atoms with E-state index in [0.29, 0.717) is 18.8 Å². The van der Waals surface area contributed by atoms with Crippen LogP contribution in [-0.2, 0) is 9.53 Å². The Morgan fingerprint density at radius 3 is 2.77 bits per heavy atom. The van der Waals surface area contributed by atoms with E-state index in [9.17, 15) is 4.79 Å². The minimum atomic E-state index is 0.0915. The lowest BCUT2D eigenvalue weighted by Crippen LogP contribution is -2.48. The molecule has 0 aromatic rings. The maximum atomic E-state index is 11.2. The van der Waals surface area contributed by atoms with Gasteiger partial charge in [-0.25, -0.2) is 0 Å². The lowest BCUT2D eigenvalue weighted by atomic mass is 9.89. The molecule has 0 unspecified atom stereocenters. The Bertz CT molecular complexity index is 180. The molecule has 1 aliphatic rings. The summed E-state index contributed by atoms with van der Waals surface area (Å²) in [5, 5.41) is 2.88. The van der Waals surface area contributed by atoms with Crippen LogP contribution in [0.15, 0.2) is 0 Å². The van der Waals surface area contributed by atoms with E-state index in [2.05, 4.69) is 12.2 Å². The zero-order valence-electron chi connectivity index (χ0n) is 7.94. The van der Waals surface area contributed by atoms with E-state index in [4.69, 9.17) is 16.3 Å². The van der Waals surface area contributed by atoms with Gasteiger partial charge in [0.05, 0.1) is 13.2 Å². The number of hydrogen-bond donors (Lipinski definition) is 1. The first-order valence-corrected chi connectivity index (χ1v) is 5.10. The lowest BCUT2D eigenvalue weighted by molar-refractivity contribution is -0.126. The molecule has 76 valence electrons. The topological polar surface area (TPSA) is 38.3 Å². The van der Waals surface area contributed by atoms with Crippen LogP contribution in [0.25, 0.3) is 0 Å². The number of ether oxygens (including phenoxy) is 1. The van der Waals surface area contributed by atoms with Gasteiger partial charge in [0, 0.05) is 24.3 Å². The van der Waals surface area contributed by atoms with Crippen LogP contribution in [0.5, 0.6) is 0 Å². The van der Waals surface area contributed by atoms with Gasteiger partial charge in [-0.3, -0.25) is 4.79 Å². The highest BCUT2D eigenvalue weighted by atomic mass is 35.5. The number of carbonyl (C=O) groups excluding carboxylic acids is 1. The third-order valence-corrected chi connectivity index (χ3v) is 2.42. The van der Waals surface area contributed by atoms with Crippen molar-refractivity contribution in [3.05, 3.63) is 0 Å². The van der Waals surface area contributed by atoms with Gasteiger partial charge in [-0.1, -0.05) is 6.92 Å². The maximum Gasteiger partial charge on any atom is 0.220 e. The van der Waals surface area contributed by atoms with Crippen molar-refractivity contribution >= 4 is 17.5 Å². The molecule has 3 nitrogen and oxygen atoms in total. The molecule has 13 heavy (non-hydrogen) atoms. The van der Waals surface area contributed by atoms with Crippen LogP contribution in [0.2, 0.25) is 0 Å². The predicted octanol–water partition coefficient (Wildman–Crippen LogP) is 1.16. The molecule has 1 amide bonds. The minimum Gasteiger partial charge on any atom is -0.380 e. The van der Waals surface area contributed by atoms with Crippen molar-refractivity contribution in [1.82, 2.24) is 5.32 Å². The summed E-state index contributed by atoms with van der Waals surface area (Å²) < 4.78 is 5.08. The molecular weight excluding hydrogens is 190 g/mol. The fraction of sp³-hybridized carbons (Fsp3) is 0.889. The Morgan fingerprint density at radius 2 is 2.31 bits per heavy atom. The standard InChI is InChI=1S/C9H16ClNO2/c1-9(6-13-7-9)5-11-8(12)3-2-4-10/h2-7H2,1H3,(H,11,12). The largest absolute Gasteiger partial charge is 0.380 e. The summed E-state index contributed by atoms with van der Waals surface area (Å²) in [5.74, 6) is 0.641. The normalized spacial score (nSPS) is 19.2. The summed E-state index contributed by atoms with van der Waals surface area (Å²) in [6.45, 7) is 4.33. The first-order valence-electron chi connectivity index (χ1n) is 4.57. The smallest absolute Gasteiger partial charge is 0.220 e. The first-order chi connectivity index (χ1) is 6.16. The van der Waals surface area contributed by atoms with Crippen molar-refractivity contribution in [3.8, 4) is 0 Å². The van der Waals surface area contributed by atoms with Crippen LogP contribution < -0.4 is 5.32 Å². The van der Waals surface area contributed by atoms with Crippen LogP contribution in [-0.4, -0.2) is 31.5 Å². The summed E-state index contributed by atoms with van der Waals surface area (Å²) in [7, 11) is 0. The van der Waals surface area contributed by atoms with Gasteiger partial charge in [0.1, 0.15) is 0 Å². The summed E-state index contributed by atoms with van der Waals surface area (Å²) in [6.07, 6.45) is 1.28. The summed E-state index contributed by atoms with van der Waals surface area (Å²) in [6, 6.07) is 0. The third kappa shape index (κ3) is 3.53. The van der Waals surface area contributed by atoms with Crippen molar-refractivity contribution in [1.29, 1.82) is 0 Å². The van der Waals surface area contributed by atoms with Gasteiger partial charge in [-0.05, 0) is 6.42 Å². The molecule has 0 atom stereocenters. The highest BCUT2D eigenvalue weighted by Gasteiger charge is 2.33. The van der Waals surface area contributed by atoms with E-state index in [1.54, 1.807) is 0 Å². The Balaban J connectivity index is 2.07. The SMILES string of the molecule is CC1(CNC(=O)CCCCl)COC1. The zero-order chi connectivity index (χ0) is 9.73. The molecule has 1 aliphatic heterocycles. The third-order valence-electron chi connectivity index (χ3n) is 2.15. The quantitative estimate of drug-likeness (QED) is 0.685. The molecule has 0 saturated carbocycles. The van der Waals surface area contributed by atoms with Crippen LogP contribution in [0.4, 0.5) is 0 Å². The van der Waals surface area contributed by atoms with Crippen LogP contribution in [0, 0.1) is 5.41 Å². The van der Waals surface area contributed by atoms with Crippen LogP contribution >= 0.6 is 11.6 Å². The molecule has 1 N–H and O–H groups in total. The molecule has 1 rings (SSSR count). The van der Waals surface area contributed by atoms with Crippen molar-refractivity contribution in [2.45, 2.75) is 19.8 Å². The molecule has 1 heterocycles. The average molecular weight is 206 g/mol. The zero-order valence-corrected chi connectivity index (χ0v) is 8.69. The summed E-state index contributed by atoms with van der Waals surface area (Å²) >= 11 is 5.47. The molecule has 0 aliphatic carbocycles. The first kappa shape index (κ1) is 10.8. The fourth-order valence-corrected chi connectivity index (χ4v) is 1.31. The number of nitrogens with one attached hydrogen (secondary N) is 1. The molecule has 1 fully saturated rings. The lowest BCUT2D eigenvalue weighted by Gasteiger charge is -2.38. The van der Waals surface area contributed by atoms with Crippen molar-refractivity contribution in [2.24, 2.45) is 5.41 Å². The van der Waals surface area contributed by atoms with E-state index in [-0.39, 0.29) is 11.3 Å². The van der Waals surface area contributed by atoms with Crippen molar-refractivity contribution in [2.75, 3.05) is 25.6 Å². The molecule has 0 spiro atoms. The van der Waals surface area contributed by atoms with Crippen molar-refractivity contribution < 1.29 is 9.53 Å². The van der Waals surface area contributed by atoms with E-state index >= 15 is 0 Å². The number of amides is 1. The van der Waals surface area contributed by atoms with E-state index < -0.39 is 0 Å². The highest BCUT2D eigenvalue weighted by molar-refractivity contribution is 6.17. The van der Waals surface area contributed by atoms with E-state index in [1.807, 2.05) is 0 Å². The molecule has 1 saturated heterocycles. The second-order valence-electron chi connectivity index (χ2n) is 3.87. The second-order valence-corrected chi connectivity index (χ2v) is 4.25. The molecule has 0 radical (unpaired) electrons. The molecule has 0 aromatic heterocycles. The van der Waals surface area contributed by atoms with E-state index in [1.165, 1.54) is 0 Å². The molecular formula is C9H16ClNO2. The number of carbonyl (C=O) groups is 1. The Labute approximate surface area is 83.8 Å². The minimum absolute atomic E-state index is 0.0915. The van der Waals surface area contributed by atoms with E-state index in [0.717, 1.165) is 19.6 Å². The second kappa shape index (κ2) is 4.82. The summed E-state index contributed by atoms with van der Waals surface area (Å²) in [4.78, 5) is 11.2. The number of alkyl halides is 1. The van der Waals surface area contributed by atoms with Gasteiger partial charge in [-0.2, -0.15) is 0 Å². The number of halogens is 1. The van der Waals surface area contributed by atoms with Gasteiger partial charge < -0.3 is 10.1 Å².